The normalized spacial score (nSPS) is 14.9. The van der Waals surface area contributed by atoms with Crippen LogP contribution in [0.2, 0.25) is 0 Å². The molecule has 1 saturated heterocycles. The number of anilines is 1. The lowest BCUT2D eigenvalue weighted by Crippen LogP contribution is -2.42. The lowest BCUT2D eigenvalue weighted by molar-refractivity contribution is 0.424. The highest BCUT2D eigenvalue weighted by atomic mass is 15.1. The minimum absolute atomic E-state index is 0.716. The van der Waals surface area contributed by atoms with Crippen LogP contribution < -0.4 is 10.2 Å². The van der Waals surface area contributed by atoms with E-state index in [-0.39, 0.29) is 0 Å². The number of hydrogen-bond donors (Lipinski definition) is 1. The van der Waals surface area contributed by atoms with Crippen LogP contribution in [0.3, 0.4) is 0 Å². The Labute approximate surface area is 119 Å². The molecule has 0 atom stereocenters. The van der Waals surface area contributed by atoms with Gasteiger partial charge in [-0.25, -0.2) is 0 Å². The molecule has 0 saturated carbocycles. The summed E-state index contributed by atoms with van der Waals surface area (Å²) in [7, 11) is 0. The third-order valence-corrected chi connectivity index (χ3v) is 3.02. The molecule has 110 valence electrons. The maximum Gasteiger partial charge on any atom is 0.0397 e. The molecule has 0 radical (unpaired) electrons. The number of rotatable bonds is 3. The van der Waals surface area contributed by atoms with Gasteiger partial charge in [0.1, 0.15) is 0 Å². The summed E-state index contributed by atoms with van der Waals surface area (Å²) in [5.41, 5.74) is 1.31. The van der Waals surface area contributed by atoms with E-state index in [2.05, 4.69) is 34.3 Å². The van der Waals surface area contributed by atoms with E-state index in [1.165, 1.54) is 18.5 Å². The second-order valence-electron chi connectivity index (χ2n) is 4.02. The molecule has 1 aliphatic heterocycles. The molecule has 0 aliphatic carbocycles. The van der Waals surface area contributed by atoms with E-state index in [0.29, 0.717) is 6.04 Å². The number of piperidine rings is 1. The van der Waals surface area contributed by atoms with E-state index in [0.717, 1.165) is 19.6 Å². The summed E-state index contributed by atoms with van der Waals surface area (Å²) in [5, 5.41) is 3.52. The molecule has 0 spiro atoms. The monoisotopic (exact) mass is 265 g/mol. The van der Waals surface area contributed by atoms with Gasteiger partial charge in [-0.15, -0.1) is 0 Å². The zero-order valence-corrected chi connectivity index (χ0v) is 13.3. The van der Waals surface area contributed by atoms with Crippen LogP contribution >= 0.6 is 0 Å². The largest absolute Gasteiger partial charge is 0.371 e. The summed E-state index contributed by atoms with van der Waals surface area (Å²) in [6.45, 7) is 13.6. The molecular weight excluding hydrogens is 234 g/mol. The molecule has 0 bridgehead atoms. The maximum absolute atomic E-state index is 4.05. The summed E-state index contributed by atoms with van der Waals surface area (Å²) in [6, 6.07) is 4.90. The van der Waals surface area contributed by atoms with Crippen molar-refractivity contribution in [2.75, 3.05) is 24.5 Å². The Morgan fingerprint density at radius 1 is 1.11 bits per heavy atom. The highest BCUT2D eigenvalue weighted by molar-refractivity contribution is 5.44. The van der Waals surface area contributed by atoms with E-state index < -0.39 is 0 Å². The van der Waals surface area contributed by atoms with Crippen molar-refractivity contribution in [3.63, 3.8) is 0 Å². The predicted octanol–water partition coefficient (Wildman–Crippen LogP) is 3.71. The van der Waals surface area contributed by atoms with E-state index in [9.17, 15) is 0 Å². The third kappa shape index (κ3) is 6.58. The molecular formula is C16H31N3. The smallest absolute Gasteiger partial charge is 0.0397 e. The summed E-state index contributed by atoms with van der Waals surface area (Å²) >= 11 is 0. The van der Waals surface area contributed by atoms with Crippen LogP contribution in [0, 0.1) is 0 Å². The van der Waals surface area contributed by atoms with Gasteiger partial charge in [0.25, 0.3) is 0 Å². The minimum Gasteiger partial charge on any atom is -0.371 e. The van der Waals surface area contributed by atoms with Crippen molar-refractivity contribution >= 4 is 5.69 Å². The molecule has 1 aromatic rings. The molecule has 1 fully saturated rings. The van der Waals surface area contributed by atoms with Crippen molar-refractivity contribution in [3.05, 3.63) is 24.5 Å². The summed E-state index contributed by atoms with van der Waals surface area (Å²) in [6.07, 6.45) is 6.23. The van der Waals surface area contributed by atoms with Gasteiger partial charge in [-0.3, -0.25) is 4.98 Å². The second kappa shape index (κ2) is 12.0. The Bertz CT molecular complexity index is 279. The molecule has 1 N–H and O–H groups in total. The van der Waals surface area contributed by atoms with Gasteiger partial charge in [0, 0.05) is 37.2 Å². The van der Waals surface area contributed by atoms with Crippen LogP contribution in [0.15, 0.2) is 24.5 Å². The number of aromatic nitrogens is 1. The fourth-order valence-electron chi connectivity index (χ4n) is 2.19. The number of nitrogens with zero attached hydrogens (tertiary/aromatic N) is 2. The maximum atomic E-state index is 4.05. The van der Waals surface area contributed by atoms with Crippen LogP contribution in [-0.2, 0) is 0 Å². The number of pyridine rings is 1. The van der Waals surface area contributed by atoms with Crippen molar-refractivity contribution in [2.24, 2.45) is 0 Å². The van der Waals surface area contributed by atoms with Crippen molar-refractivity contribution in [2.45, 2.75) is 53.5 Å². The van der Waals surface area contributed by atoms with Crippen molar-refractivity contribution in [1.82, 2.24) is 10.3 Å². The van der Waals surface area contributed by atoms with Crippen LogP contribution in [0.1, 0.15) is 47.5 Å². The highest BCUT2D eigenvalue weighted by Crippen LogP contribution is 2.18. The van der Waals surface area contributed by atoms with E-state index in [1.807, 2.05) is 40.1 Å². The lowest BCUT2D eigenvalue weighted by atomic mass is 10.0. The zero-order chi connectivity index (χ0) is 14.5. The van der Waals surface area contributed by atoms with Crippen molar-refractivity contribution in [3.8, 4) is 0 Å². The Morgan fingerprint density at radius 2 is 1.63 bits per heavy atom. The molecule has 1 aromatic heterocycles. The molecule has 0 unspecified atom stereocenters. The molecule has 19 heavy (non-hydrogen) atoms. The van der Waals surface area contributed by atoms with Crippen LogP contribution in [0.4, 0.5) is 5.69 Å². The molecule has 0 amide bonds. The summed E-state index contributed by atoms with van der Waals surface area (Å²) < 4.78 is 0. The van der Waals surface area contributed by atoms with Gasteiger partial charge in [0.15, 0.2) is 0 Å². The van der Waals surface area contributed by atoms with E-state index in [4.69, 9.17) is 0 Å². The highest BCUT2D eigenvalue weighted by Gasteiger charge is 2.17. The van der Waals surface area contributed by atoms with Crippen LogP contribution in [-0.4, -0.2) is 30.7 Å². The first-order valence-corrected chi connectivity index (χ1v) is 7.78. The van der Waals surface area contributed by atoms with Gasteiger partial charge < -0.3 is 10.2 Å². The fraction of sp³-hybridized carbons (Fsp3) is 0.688. The van der Waals surface area contributed by atoms with Gasteiger partial charge in [-0.1, -0.05) is 34.6 Å². The lowest BCUT2D eigenvalue weighted by Gasteiger charge is -2.33. The van der Waals surface area contributed by atoms with Crippen LogP contribution in [0.5, 0.6) is 0 Å². The standard InChI is InChI=1S/C12H19N3.2C2H6/c1-2-14-11-5-9-15(10-6-11)12-3-7-13-8-4-12;2*1-2/h3-4,7-8,11,14H,2,5-6,9-10H2,1H3;2*1-2H3. The van der Waals surface area contributed by atoms with E-state index >= 15 is 0 Å². The molecule has 3 nitrogen and oxygen atoms in total. The van der Waals surface area contributed by atoms with Crippen molar-refractivity contribution < 1.29 is 0 Å². The van der Waals surface area contributed by atoms with E-state index in [1.54, 1.807) is 0 Å². The topological polar surface area (TPSA) is 28.2 Å². The van der Waals surface area contributed by atoms with Gasteiger partial charge in [-0.05, 0) is 31.5 Å². The van der Waals surface area contributed by atoms with Gasteiger partial charge >= 0.3 is 0 Å². The molecule has 1 aliphatic rings. The third-order valence-electron chi connectivity index (χ3n) is 3.02. The Balaban J connectivity index is 0.000000741. The first-order valence-electron chi connectivity index (χ1n) is 7.78. The molecule has 2 rings (SSSR count). The summed E-state index contributed by atoms with van der Waals surface area (Å²) in [4.78, 5) is 6.49. The zero-order valence-electron chi connectivity index (χ0n) is 13.3. The minimum atomic E-state index is 0.716. The fourth-order valence-corrected chi connectivity index (χ4v) is 2.19. The first-order chi connectivity index (χ1) is 9.40. The average Bonchev–Trinajstić information content (AvgIpc) is 2.53. The predicted molar refractivity (Wildman–Crippen MR) is 85.8 cm³/mol. The van der Waals surface area contributed by atoms with Gasteiger partial charge in [0.05, 0.1) is 0 Å². The Morgan fingerprint density at radius 3 is 2.11 bits per heavy atom. The van der Waals surface area contributed by atoms with Crippen LogP contribution in [0.25, 0.3) is 0 Å². The quantitative estimate of drug-likeness (QED) is 0.903. The Kier molecular flexibility index (Phi) is 11.3. The number of nitrogens with one attached hydrogen (secondary N) is 1. The second-order valence-corrected chi connectivity index (χ2v) is 4.02. The summed E-state index contributed by atoms with van der Waals surface area (Å²) in [5.74, 6) is 0. The first kappa shape index (κ1) is 17.9. The van der Waals surface area contributed by atoms with Gasteiger partial charge in [0.2, 0.25) is 0 Å². The van der Waals surface area contributed by atoms with Crippen molar-refractivity contribution in [1.29, 1.82) is 0 Å². The SMILES string of the molecule is CC.CC.CCNC1CCN(c2ccncc2)CC1. The number of hydrogen-bond acceptors (Lipinski definition) is 3. The Hall–Kier alpha value is -1.09. The molecule has 3 heteroatoms. The average molecular weight is 265 g/mol. The molecule has 0 aromatic carbocycles. The van der Waals surface area contributed by atoms with Gasteiger partial charge in [-0.2, -0.15) is 0 Å². The molecule has 2 heterocycles.